The van der Waals surface area contributed by atoms with E-state index in [2.05, 4.69) is 9.39 Å². The predicted molar refractivity (Wildman–Crippen MR) is 113 cm³/mol. The maximum atomic E-state index is 12.8. The van der Waals surface area contributed by atoms with Crippen LogP contribution in [0.25, 0.3) is 0 Å². The van der Waals surface area contributed by atoms with Crippen LogP contribution in [0, 0.1) is 13.8 Å². The van der Waals surface area contributed by atoms with Crippen LogP contribution in [0.4, 0.5) is 0 Å². The summed E-state index contributed by atoms with van der Waals surface area (Å²) in [6, 6.07) is 22.9. The average molecular weight is 391 g/mol. The van der Waals surface area contributed by atoms with Gasteiger partial charge < -0.3 is 5.73 Å². The molecule has 0 bridgehead atoms. The molecule has 28 heavy (non-hydrogen) atoms. The number of nitrogens with two attached hydrogens (primary N) is 1. The molecule has 0 atom stereocenters. The summed E-state index contributed by atoms with van der Waals surface area (Å²) in [6.45, 7) is 3.86. The van der Waals surface area contributed by atoms with Crippen LogP contribution < -0.4 is 5.73 Å². The summed E-state index contributed by atoms with van der Waals surface area (Å²) in [4.78, 5) is 4.45. The molecule has 0 aliphatic rings. The van der Waals surface area contributed by atoms with Gasteiger partial charge in [-0.1, -0.05) is 77.9 Å². The summed E-state index contributed by atoms with van der Waals surface area (Å²) < 4.78 is 29.6. The van der Waals surface area contributed by atoms with E-state index in [-0.39, 0.29) is 16.6 Å². The third-order valence-corrected chi connectivity index (χ3v) is 5.41. The van der Waals surface area contributed by atoms with Gasteiger partial charge in [0.2, 0.25) is 0 Å². The van der Waals surface area contributed by atoms with E-state index in [0.29, 0.717) is 11.1 Å². The first kappa shape index (κ1) is 19.5. The molecule has 142 valence electrons. The van der Waals surface area contributed by atoms with E-state index in [9.17, 15) is 8.42 Å². The molecular formula is C22H21N3O2S. The highest BCUT2D eigenvalue weighted by Gasteiger charge is 2.16. The van der Waals surface area contributed by atoms with Gasteiger partial charge in [-0.2, -0.15) is 8.42 Å². The minimum atomic E-state index is -3.93. The number of aryl methyl sites for hydroxylation is 2. The molecule has 0 saturated carbocycles. The molecule has 5 nitrogen and oxygen atoms in total. The van der Waals surface area contributed by atoms with E-state index in [1.807, 2.05) is 44.2 Å². The Labute approximate surface area is 165 Å². The van der Waals surface area contributed by atoms with E-state index < -0.39 is 10.0 Å². The Bertz CT molecular complexity index is 1120. The second kappa shape index (κ2) is 8.19. The van der Waals surface area contributed by atoms with Gasteiger partial charge in [0, 0.05) is 11.1 Å². The van der Waals surface area contributed by atoms with Crippen LogP contribution >= 0.6 is 0 Å². The zero-order chi connectivity index (χ0) is 20.1. The lowest BCUT2D eigenvalue weighted by Gasteiger charge is -2.06. The van der Waals surface area contributed by atoms with Crippen molar-refractivity contribution in [3.63, 3.8) is 0 Å². The summed E-state index contributed by atoms with van der Waals surface area (Å²) >= 11 is 0. The SMILES string of the molecule is Cc1ccc(C(N)=NC(=NS(=O)(=O)c2ccc(C)cc2)c2ccccc2)cc1. The van der Waals surface area contributed by atoms with Crippen LogP contribution in [-0.2, 0) is 10.0 Å². The van der Waals surface area contributed by atoms with Gasteiger partial charge >= 0.3 is 0 Å². The smallest absolute Gasteiger partial charge is 0.284 e. The first-order valence-electron chi connectivity index (χ1n) is 8.73. The largest absolute Gasteiger partial charge is 0.383 e. The van der Waals surface area contributed by atoms with Crippen molar-refractivity contribution < 1.29 is 8.42 Å². The van der Waals surface area contributed by atoms with Crippen LogP contribution in [0.1, 0.15) is 22.3 Å². The molecule has 0 fully saturated rings. The van der Waals surface area contributed by atoms with E-state index in [1.54, 1.807) is 36.4 Å². The molecule has 0 heterocycles. The lowest BCUT2D eigenvalue weighted by molar-refractivity contribution is 0.598. The Hall–Kier alpha value is -3.25. The number of sulfonamides is 1. The van der Waals surface area contributed by atoms with E-state index in [0.717, 1.165) is 11.1 Å². The summed E-state index contributed by atoms with van der Waals surface area (Å²) in [7, 11) is -3.93. The molecular weight excluding hydrogens is 370 g/mol. The minimum Gasteiger partial charge on any atom is -0.383 e. The number of nitrogens with zero attached hydrogens (tertiary/aromatic N) is 2. The number of hydrogen-bond donors (Lipinski definition) is 1. The highest BCUT2D eigenvalue weighted by Crippen LogP contribution is 2.16. The van der Waals surface area contributed by atoms with Gasteiger partial charge in [-0.3, -0.25) is 0 Å². The second-order valence-corrected chi connectivity index (χ2v) is 8.04. The third kappa shape index (κ3) is 4.72. The van der Waals surface area contributed by atoms with Crippen LogP contribution in [0.5, 0.6) is 0 Å². The number of amidine groups is 2. The maximum Gasteiger partial charge on any atom is 0.284 e. The Kier molecular flexibility index (Phi) is 5.70. The first-order valence-corrected chi connectivity index (χ1v) is 10.2. The molecule has 0 aliphatic carbocycles. The molecule has 0 amide bonds. The average Bonchev–Trinajstić information content (AvgIpc) is 2.69. The van der Waals surface area contributed by atoms with Crippen LogP contribution in [-0.4, -0.2) is 20.1 Å². The van der Waals surface area contributed by atoms with Crippen LogP contribution in [0.2, 0.25) is 0 Å². The topological polar surface area (TPSA) is 84.9 Å². The molecule has 0 unspecified atom stereocenters. The molecule has 3 aromatic rings. The summed E-state index contributed by atoms with van der Waals surface area (Å²) in [5.74, 6) is 0.237. The molecule has 0 saturated heterocycles. The Balaban J connectivity index is 2.09. The van der Waals surface area contributed by atoms with Crippen molar-refractivity contribution in [1.29, 1.82) is 0 Å². The zero-order valence-electron chi connectivity index (χ0n) is 15.7. The molecule has 2 N–H and O–H groups in total. The monoisotopic (exact) mass is 391 g/mol. The van der Waals surface area contributed by atoms with Gasteiger partial charge in [-0.05, 0) is 26.0 Å². The maximum absolute atomic E-state index is 12.8. The van der Waals surface area contributed by atoms with Crippen molar-refractivity contribution in [2.75, 3.05) is 0 Å². The molecule has 3 rings (SSSR count). The fourth-order valence-corrected chi connectivity index (χ4v) is 3.46. The second-order valence-electron chi connectivity index (χ2n) is 6.43. The van der Waals surface area contributed by atoms with Gasteiger partial charge in [0.25, 0.3) is 10.0 Å². The van der Waals surface area contributed by atoms with Crippen molar-refractivity contribution in [2.45, 2.75) is 18.7 Å². The van der Waals surface area contributed by atoms with E-state index in [4.69, 9.17) is 5.73 Å². The van der Waals surface area contributed by atoms with Crippen LogP contribution in [0.15, 0.2) is 93.1 Å². The Morgan fingerprint density at radius 1 is 0.750 bits per heavy atom. The van der Waals surface area contributed by atoms with Crippen molar-refractivity contribution in [3.8, 4) is 0 Å². The molecule has 0 aliphatic heterocycles. The van der Waals surface area contributed by atoms with Crippen molar-refractivity contribution in [1.82, 2.24) is 0 Å². The number of aliphatic imine (C=N–C) groups is 1. The summed E-state index contributed by atoms with van der Waals surface area (Å²) in [6.07, 6.45) is 0. The fraction of sp³-hybridized carbons (Fsp3) is 0.0909. The summed E-state index contributed by atoms with van der Waals surface area (Å²) in [5, 5.41) is 0. The van der Waals surface area contributed by atoms with Crippen molar-refractivity contribution >= 4 is 21.7 Å². The molecule has 6 heteroatoms. The van der Waals surface area contributed by atoms with Gasteiger partial charge in [0.05, 0.1) is 4.90 Å². The molecule has 0 radical (unpaired) electrons. The molecule has 3 aromatic carbocycles. The predicted octanol–water partition coefficient (Wildman–Crippen LogP) is 3.84. The van der Waals surface area contributed by atoms with Crippen LogP contribution in [0.3, 0.4) is 0 Å². The normalized spacial score (nSPS) is 12.8. The van der Waals surface area contributed by atoms with Crippen molar-refractivity contribution in [2.24, 2.45) is 15.1 Å². The standard InChI is InChI=1S/C22H21N3O2S/c1-16-8-12-18(13-9-16)21(23)24-22(19-6-4-3-5-7-19)25-28(26,27)20-14-10-17(2)11-15-20/h3-15H,1-2H3,(H2,23,24,25). The quantitative estimate of drug-likeness (QED) is 0.541. The van der Waals surface area contributed by atoms with Gasteiger partial charge in [0.15, 0.2) is 5.84 Å². The third-order valence-electron chi connectivity index (χ3n) is 4.13. The van der Waals surface area contributed by atoms with Gasteiger partial charge in [-0.25, -0.2) is 4.99 Å². The number of rotatable bonds is 4. The van der Waals surface area contributed by atoms with Gasteiger partial charge in [-0.15, -0.1) is 4.40 Å². The number of benzene rings is 3. The summed E-state index contributed by atoms with van der Waals surface area (Å²) in [5.41, 5.74) is 9.45. The highest BCUT2D eigenvalue weighted by atomic mass is 32.2. The Morgan fingerprint density at radius 2 is 1.29 bits per heavy atom. The van der Waals surface area contributed by atoms with E-state index >= 15 is 0 Å². The fourth-order valence-electron chi connectivity index (χ4n) is 2.50. The van der Waals surface area contributed by atoms with Gasteiger partial charge in [0.1, 0.15) is 5.84 Å². The number of hydrogen-bond acceptors (Lipinski definition) is 2. The molecule has 0 aromatic heterocycles. The molecule has 0 spiro atoms. The lowest BCUT2D eigenvalue weighted by atomic mass is 10.1. The zero-order valence-corrected chi connectivity index (χ0v) is 16.5. The lowest BCUT2D eigenvalue weighted by Crippen LogP contribution is -2.17. The van der Waals surface area contributed by atoms with E-state index in [1.165, 1.54) is 12.1 Å². The highest BCUT2D eigenvalue weighted by molar-refractivity contribution is 7.90. The first-order chi connectivity index (χ1) is 13.3. The van der Waals surface area contributed by atoms with Crippen molar-refractivity contribution in [3.05, 3.63) is 101 Å². The minimum absolute atomic E-state index is 0.0410. The Morgan fingerprint density at radius 3 is 1.86 bits per heavy atom.